The molecule has 2 aliphatic rings. The maximum Gasteiger partial charge on any atom is 0.253 e. The molecule has 2 aromatic rings. The summed E-state index contributed by atoms with van der Waals surface area (Å²) in [4.78, 5) is 19.0. The maximum absolute atomic E-state index is 12.9. The molecule has 1 aromatic heterocycles. The lowest BCUT2D eigenvalue weighted by Gasteiger charge is -2.36. The molecule has 2 fully saturated rings. The van der Waals surface area contributed by atoms with E-state index in [1.807, 2.05) is 36.1 Å². The molecule has 1 amide bonds. The third-order valence-corrected chi connectivity index (χ3v) is 5.53. The van der Waals surface area contributed by atoms with E-state index in [1.165, 1.54) is 19.3 Å². The maximum atomic E-state index is 12.9. The van der Waals surface area contributed by atoms with Crippen LogP contribution in [0.3, 0.4) is 0 Å². The van der Waals surface area contributed by atoms with Gasteiger partial charge in [0.2, 0.25) is 5.82 Å². The molecule has 138 valence electrons. The lowest BCUT2D eigenvalue weighted by atomic mass is 9.91. The lowest BCUT2D eigenvalue weighted by molar-refractivity contribution is 0.0749. The van der Waals surface area contributed by atoms with Crippen molar-refractivity contribution in [1.82, 2.24) is 30.0 Å². The predicted octanol–water partition coefficient (Wildman–Crippen LogP) is 2.06. The number of amides is 1. The molecule has 26 heavy (non-hydrogen) atoms. The molecule has 1 saturated carbocycles. The number of carbonyl (C=O) groups excluding carboxylic acids is 1. The molecule has 0 unspecified atom stereocenters. The first-order valence-electron chi connectivity index (χ1n) is 9.66. The summed E-state index contributed by atoms with van der Waals surface area (Å²) in [5.41, 5.74) is 1.61. The summed E-state index contributed by atoms with van der Waals surface area (Å²) in [7, 11) is 0. The molecule has 0 spiro atoms. The first-order chi connectivity index (χ1) is 12.7. The van der Waals surface area contributed by atoms with Gasteiger partial charge in [0.25, 0.3) is 5.91 Å². The van der Waals surface area contributed by atoms with Crippen LogP contribution in [-0.4, -0.2) is 68.1 Å². The molecule has 0 N–H and O–H groups in total. The van der Waals surface area contributed by atoms with E-state index in [9.17, 15) is 4.79 Å². The average molecular weight is 354 g/mol. The van der Waals surface area contributed by atoms with E-state index in [0.717, 1.165) is 49.8 Å². The molecule has 7 nitrogen and oxygen atoms in total. The number of nitrogens with zero attached hydrogens (tertiary/aromatic N) is 6. The van der Waals surface area contributed by atoms with Gasteiger partial charge in [-0.2, -0.15) is 4.80 Å². The van der Waals surface area contributed by atoms with Gasteiger partial charge in [-0.15, -0.1) is 10.2 Å². The first kappa shape index (κ1) is 17.1. The minimum absolute atomic E-state index is 0.122. The van der Waals surface area contributed by atoms with Crippen LogP contribution in [0.1, 0.15) is 43.0 Å². The molecule has 0 radical (unpaired) electrons. The normalized spacial score (nSPS) is 19.2. The zero-order valence-electron chi connectivity index (χ0n) is 15.3. The summed E-state index contributed by atoms with van der Waals surface area (Å²) in [5.74, 6) is 0.717. The van der Waals surface area contributed by atoms with E-state index in [4.69, 9.17) is 0 Å². The van der Waals surface area contributed by atoms with Crippen LogP contribution in [0.4, 0.5) is 0 Å². The molecule has 4 rings (SSSR count). The zero-order chi connectivity index (χ0) is 17.9. The van der Waals surface area contributed by atoms with Crippen LogP contribution in [0.25, 0.3) is 11.4 Å². The highest BCUT2D eigenvalue weighted by Gasteiger charge is 2.28. The Hall–Kier alpha value is -2.28. The standard InChI is InChI=1S/C19H26N6O/c1-2-25-21-18(20-22-25)15-7-9-16(10-8-15)19(26)24-12-4-11-23(13-14-24)17-5-3-6-17/h7-10,17H,2-6,11-14H2,1H3. The number of tetrazole rings is 1. The van der Waals surface area contributed by atoms with Gasteiger partial charge in [0, 0.05) is 43.3 Å². The Labute approximate surface area is 154 Å². The van der Waals surface area contributed by atoms with Crippen LogP contribution < -0.4 is 0 Å². The monoisotopic (exact) mass is 354 g/mol. The van der Waals surface area contributed by atoms with Crippen molar-refractivity contribution in [3.8, 4) is 11.4 Å². The van der Waals surface area contributed by atoms with Crippen molar-refractivity contribution in [3.05, 3.63) is 29.8 Å². The van der Waals surface area contributed by atoms with E-state index in [1.54, 1.807) is 4.80 Å². The van der Waals surface area contributed by atoms with Gasteiger partial charge in [-0.1, -0.05) is 18.6 Å². The summed E-state index contributed by atoms with van der Waals surface area (Å²) in [6.45, 7) is 6.45. The second-order valence-corrected chi connectivity index (χ2v) is 7.15. The molecule has 1 aliphatic carbocycles. The van der Waals surface area contributed by atoms with Gasteiger partial charge in [-0.25, -0.2) is 0 Å². The number of hydrogen-bond donors (Lipinski definition) is 0. The van der Waals surface area contributed by atoms with Crippen LogP contribution >= 0.6 is 0 Å². The number of hydrogen-bond acceptors (Lipinski definition) is 5. The Morgan fingerprint density at radius 1 is 1.08 bits per heavy atom. The fourth-order valence-electron chi connectivity index (χ4n) is 3.69. The van der Waals surface area contributed by atoms with Crippen LogP contribution in [0.5, 0.6) is 0 Å². The second kappa shape index (κ2) is 7.53. The topological polar surface area (TPSA) is 67.2 Å². The Morgan fingerprint density at radius 2 is 1.88 bits per heavy atom. The van der Waals surface area contributed by atoms with Crippen molar-refractivity contribution < 1.29 is 4.79 Å². The number of aryl methyl sites for hydroxylation is 1. The van der Waals surface area contributed by atoms with Gasteiger partial charge < -0.3 is 4.90 Å². The zero-order valence-corrected chi connectivity index (χ0v) is 15.3. The summed E-state index contributed by atoms with van der Waals surface area (Å²) in [6, 6.07) is 8.32. The van der Waals surface area contributed by atoms with Crippen LogP contribution in [0.15, 0.2) is 24.3 Å². The summed E-state index contributed by atoms with van der Waals surface area (Å²) < 4.78 is 0. The fraction of sp³-hybridized carbons (Fsp3) is 0.579. The molecular weight excluding hydrogens is 328 g/mol. The van der Waals surface area contributed by atoms with Crippen LogP contribution in [0, 0.1) is 0 Å². The second-order valence-electron chi connectivity index (χ2n) is 7.15. The molecular formula is C19H26N6O. The first-order valence-corrected chi connectivity index (χ1v) is 9.66. The minimum atomic E-state index is 0.122. The highest BCUT2D eigenvalue weighted by molar-refractivity contribution is 5.94. The van der Waals surface area contributed by atoms with Gasteiger partial charge in [0.15, 0.2) is 0 Å². The van der Waals surface area contributed by atoms with Crippen LogP contribution in [-0.2, 0) is 6.54 Å². The van der Waals surface area contributed by atoms with Gasteiger partial charge in [-0.05, 0) is 43.5 Å². The Bertz CT molecular complexity index is 752. The summed E-state index contributed by atoms with van der Waals surface area (Å²) in [6.07, 6.45) is 5.07. The lowest BCUT2D eigenvalue weighted by Crippen LogP contribution is -2.42. The number of rotatable bonds is 4. The third-order valence-electron chi connectivity index (χ3n) is 5.53. The number of benzene rings is 1. The quantitative estimate of drug-likeness (QED) is 0.841. The molecule has 1 aliphatic heterocycles. The summed E-state index contributed by atoms with van der Waals surface area (Å²) >= 11 is 0. The van der Waals surface area contributed by atoms with Crippen molar-refractivity contribution in [2.45, 2.75) is 45.2 Å². The van der Waals surface area contributed by atoms with Crippen molar-refractivity contribution >= 4 is 5.91 Å². The molecule has 1 saturated heterocycles. The molecule has 1 aromatic carbocycles. The fourth-order valence-corrected chi connectivity index (χ4v) is 3.69. The average Bonchev–Trinajstić information content (AvgIpc) is 2.99. The SMILES string of the molecule is CCn1nnc(-c2ccc(C(=O)N3CCCN(C4CCC4)CC3)cc2)n1. The van der Waals surface area contributed by atoms with E-state index in [2.05, 4.69) is 20.3 Å². The molecule has 0 atom stereocenters. The van der Waals surface area contributed by atoms with Gasteiger partial charge >= 0.3 is 0 Å². The smallest absolute Gasteiger partial charge is 0.253 e. The number of carbonyl (C=O) groups is 1. The number of aromatic nitrogens is 4. The molecule has 0 bridgehead atoms. The van der Waals surface area contributed by atoms with E-state index in [0.29, 0.717) is 12.4 Å². The van der Waals surface area contributed by atoms with Crippen molar-refractivity contribution in [1.29, 1.82) is 0 Å². The Kier molecular flexibility index (Phi) is 4.97. The van der Waals surface area contributed by atoms with E-state index in [-0.39, 0.29) is 5.91 Å². The molecule has 2 heterocycles. The summed E-state index contributed by atoms with van der Waals surface area (Å²) in [5, 5.41) is 12.3. The Balaban J connectivity index is 1.41. The van der Waals surface area contributed by atoms with Gasteiger partial charge in [0.05, 0.1) is 6.54 Å². The largest absolute Gasteiger partial charge is 0.337 e. The predicted molar refractivity (Wildman–Crippen MR) is 98.7 cm³/mol. The highest BCUT2D eigenvalue weighted by Crippen LogP contribution is 2.26. The van der Waals surface area contributed by atoms with E-state index < -0.39 is 0 Å². The van der Waals surface area contributed by atoms with Gasteiger partial charge in [-0.3, -0.25) is 9.69 Å². The van der Waals surface area contributed by atoms with Crippen molar-refractivity contribution in [2.24, 2.45) is 0 Å². The van der Waals surface area contributed by atoms with Crippen molar-refractivity contribution in [3.63, 3.8) is 0 Å². The third kappa shape index (κ3) is 3.49. The molecule has 7 heteroatoms. The van der Waals surface area contributed by atoms with Crippen LogP contribution in [0.2, 0.25) is 0 Å². The van der Waals surface area contributed by atoms with Gasteiger partial charge in [0.1, 0.15) is 0 Å². The van der Waals surface area contributed by atoms with Crippen molar-refractivity contribution in [2.75, 3.05) is 26.2 Å². The Morgan fingerprint density at radius 3 is 2.54 bits per heavy atom. The minimum Gasteiger partial charge on any atom is -0.337 e. The highest BCUT2D eigenvalue weighted by atomic mass is 16.2. The van der Waals surface area contributed by atoms with E-state index >= 15 is 0 Å².